The third-order valence-corrected chi connectivity index (χ3v) is 4.82. The van der Waals surface area contributed by atoms with Crippen molar-refractivity contribution in [3.63, 3.8) is 0 Å². The monoisotopic (exact) mass is 266 g/mol. The summed E-state index contributed by atoms with van der Waals surface area (Å²) in [5, 5.41) is 6.01. The van der Waals surface area contributed by atoms with Gasteiger partial charge in [0.25, 0.3) is 0 Å². The summed E-state index contributed by atoms with van der Waals surface area (Å²) in [5.74, 6) is 0.864. The van der Waals surface area contributed by atoms with Crippen LogP contribution in [0.25, 0.3) is 0 Å². The highest BCUT2D eigenvalue weighted by Crippen LogP contribution is 2.37. The van der Waals surface area contributed by atoms with Gasteiger partial charge < -0.3 is 10.2 Å². The average Bonchev–Trinajstić information content (AvgIpc) is 3.01. The summed E-state index contributed by atoms with van der Waals surface area (Å²) in [6, 6.07) is 5.09. The molecule has 0 radical (unpaired) electrons. The number of nitrogens with one attached hydrogen (secondary N) is 1. The molecule has 1 aliphatic rings. The lowest BCUT2D eigenvalue weighted by atomic mass is 9.96. The van der Waals surface area contributed by atoms with Gasteiger partial charge in [0.05, 0.1) is 0 Å². The summed E-state index contributed by atoms with van der Waals surface area (Å²) in [4.78, 5) is 3.80. The molecule has 1 aromatic heterocycles. The third-order valence-electron chi connectivity index (χ3n) is 3.87. The van der Waals surface area contributed by atoms with Gasteiger partial charge in [-0.1, -0.05) is 18.9 Å². The van der Waals surface area contributed by atoms with Crippen molar-refractivity contribution in [3.8, 4) is 0 Å². The van der Waals surface area contributed by atoms with Crippen LogP contribution in [0.1, 0.15) is 43.0 Å². The summed E-state index contributed by atoms with van der Waals surface area (Å²) < 4.78 is 0. The number of nitrogens with zero attached hydrogens (tertiary/aromatic N) is 1. The van der Waals surface area contributed by atoms with Crippen molar-refractivity contribution in [2.24, 2.45) is 5.92 Å². The van der Waals surface area contributed by atoms with Crippen molar-refractivity contribution in [2.45, 2.75) is 38.1 Å². The molecule has 1 unspecified atom stereocenters. The Bertz CT molecular complexity index is 315. The number of rotatable bonds is 7. The maximum absolute atomic E-state index is 3.80. The molecular weight excluding hydrogens is 240 g/mol. The summed E-state index contributed by atoms with van der Waals surface area (Å²) in [5.41, 5.74) is 0. The van der Waals surface area contributed by atoms with Gasteiger partial charge in [0, 0.05) is 10.9 Å². The zero-order valence-electron chi connectivity index (χ0n) is 11.7. The molecule has 102 valence electrons. The smallest absolute Gasteiger partial charge is 0.0443 e. The van der Waals surface area contributed by atoms with E-state index in [4.69, 9.17) is 0 Å². The molecule has 3 heteroatoms. The van der Waals surface area contributed by atoms with E-state index in [1.807, 2.05) is 11.3 Å². The Kier molecular flexibility index (Phi) is 5.67. The van der Waals surface area contributed by atoms with Gasteiger partial charge in [-0.15, -0.1) is 11.3 Å². The second-order valence-electron chi connectivity index (χ2n) is 5.65. The Hall–Kier alpha value is -0.380. The Balaban J connectivity index is 1.85. The standard InChI is InChI=1S/C15H26N2S/c1-17(2)11-6-10-16-15(13-7-3-4-8-13)14-9-5-12-18-14/h5,9,12-13,15-16H,3-4,6-8,10-11H2,1-2H3. The van der Waals surface area contributed by atoms with E-state index in [1.165, 1.54) is 43.5 Å². The maximum Gasteiger partial charge on any atom is 0.0443 e. The first-order valence-electron chi connectivity index (χ1n) is 7.19. The lowest BCUT2D eigenvalue weighted by molar-refractivity contribution is 0.347. The average molecular weight is 266 g/mol. The van der Waals surface area contributed by atoms with E-state index < -0.39 is 0 Å². The minimum atomic E-state index is 0.606. The van der Waals surface area contributed by atoms with Gasteiger partial charge in [0.15, 0.2) is 0 Å². The number of thiophene rings is 1. The van der Waals surface area contributed by atoms with E-state index >= 15 is 0 Å². The van der Waals surface area contributed by atoms with Gasteiger partial charge in [-0.25, -0.2) is 0 Å². The van der Waals surface area contributed by atoms with E-state index in [0.717, 1.165) is 12.5 Å². The molecular formula is C15H26N2S. The van der Waals surface area contributed by atoms with E-state index in [1.54, 1.807) is 0 Å². The van der Waals surface area contributed by atoms with E-state index in [2.05, 4.69) is 41.8 Å². The summed E-state index contributed by atoms with van der Waals surface area (Å²) in [6.07, 6.45) is 6.89. The number of hydrogen-bond donors (Lipinski definition) is 1. The molecule has 0 aromatic carbocycles. The first-order chi connectivity index (χ1) is 8.77. The predicted molar refractivity (Wildman–Crippen MR) is 80.2 cm³/mol. The molecule has 1 fully saturated rings. The molecule has 2 nitrogen and oxygen atoms in total. The highest BCUT2D eigenvalue weighted by molar-refractivity contribution is 7.10. The zero-order chi connectivity index (χ0) is 12.8. The van der Waals surface area contributed by atoms with Gasteiger partial charge in [0.1, 0.15) is 0 Å². The molecule has 0 amide bonds. The fourth-order valence-corrected chi connectivity index (χ4v) is 3.81. The first-order valence-corrected chi connectivity index (χ1v) is 8.07. The summed E-state index contributed by atoms with van der Waals surface area (Å²) in [7, 11) is 4.29. The molecule has 18 heavy (non-hydrogen) atoms. The van der Waals surface area contributed by atoms with E-state index in [9.17, 15) is 0 Å². The van der Waals surface area contributed by atoms with Crippen LogP contribution < -0.4 is 5.32 Å². The van der Waals surface area contributed by atoms with Crippen molar-refractivity contribution in [1.82, 2.24) is 10.2 Å². The van der Waals surface area contributed by atoms with Gasteiger partial charge in [-0.05, 0) is 63.8 Å². The first kappa shape index (κ1) is 14.0. The van der Waals surface area contributed by atoms with Crippen LogP contribution in [0.4, 0.5) is 0 Å². The Morgan fingerprint density at radius 3 is 2.78 bits per heavy atom. The predicted octanol–water partition coefficient (Wildman–Crippen LogP) is 3.52. The lowest BCUT2D eigenvalue weighted by Crippen LogP contribution is -2.29. The van der Waals surface area contributed by atoms with Crippen LogP contribution in [0.3, 0.4) is 0 Å². The van der Waals surface area contributed by atoms with Crippen molar-refractivity contribution >= 4 is 11.3 Å². The lowest BCUT2D eigenvalue weighted by Gasteiger charge is -2.24. The molecule has 1 aliphatic carbocycles. The van der Waals surface area contributed by atoms with Crippen LogP contribution >= 0.6 is 11.3 Å². The van der Waals surface area contributed by atoms with Crippen LogP contribution in [0.2, 0.25) is 0 Å². The molecule has 0 spiro atoms. The molecule has 1 heterocycles. The van der Waals surface area contributed by atoms with E-state index in [0.29, 0.717) is 6.04 Å². The van der Waals surface area contributed by atoms with Crippen LogP contribution in [0.15, 0.2) is 17.5 Å². The van der Waals surface area contributed by atoms with E-state index in [-0.39, 0.29) is 0 Å². The molecule has 1 saturated carbocycles. The Labute approximate surface area is 115 Å². The van der Waals surface area contributed by atoms with Crippen LogP contribution in [0, 0.1) is 5.92 Å². The minimum Gasteiger partial charge on any atom is -0.309 e. The van der Waals surface area contributed by atoms with Crippen LogP contribution in [0.5, 0.6) is 0 Å². The summed E-state index contributed by atoms with van der Waals surface area (Å²) >= 11 is 1.91. The second kappa shape index (κ2) is 7.27. The van der Waals surface area contributed by atoms with Gasteiger partial charge in [-0.3, -0.25) is 0 Å². The Morgan fingerprint density at radius 1 is 1.39 bits per heavy atom. The largest absolute Gasteiger partial charge is 0.309 e. The highest BCUT2D eigenvalue weighted by atomic mass is 32.1. The molecule has 0 bridgehead atoms. The van der Waals surface area contributed by atoms with Crippen molar-refractivity contribution < 1.29 is 0 Å². The molecule has 0 aliphatic heterocycles. The van der Waals surface area contributed by atoms with Gasteiger partial charge >= 0.3 is 0 Å². The second-order valence-corrected chi connectivity index (χ2v) is 6.63. The summed E-state index contributed by atoms with van der Waals surface area (Å²) in [6.45, 7) is 2.31. The fourth-order valence-electron chi connectivity index (χ4n) is 2.91. The molecule has 2 rings (SSSR count). The highest BCUT2D eigenvalue weighted by Gasteiger charge is 2.26. The van der Waals surface area contributed by atoms with Crippen molar-refractivity contribution in [3.05, 3.63) is 22.4 Å². The SMILES string of the molecule is CN(C)CCCNC(c1cccs1)C1CCCC1. The van der Waals surface area contributed by atoms with Gasteiger partial charge in [-0.2, -0.15) is 0 Å². The van der Waals surface area contributed by atoms with Crippen LogP contribution in [-0.4, -0.2) is 32.1 Å². The molecule has 0 saturated heterocycles. The molecule has 1 N–H and O–H groups in total. The topological polar surface area (TPSA) is 15.3 Å². The van der Waals surface area contributed by atoms with Gasteiger partial charge in [0.2, 0.25) is 0 Å². The minimum absolute atomic E-state index is 0.606. The molecule has 1 atom stereocenters. The normalized spacial score (nSPS) is 18.6. The van der Waals surface area contributed by atoms with Crippen molar-refractivity contribution in [2.75, 3.05) is 27.2 Å². The third kappa shape index (κ3) is 4.08. The maximum atomic E-state index is 3.80. The Morgan fingerprint density at radius 2 is 2.17 bits per heavy atom. The zero-order valence-corrected chi connectivity index (χ0v) is 12.5. The van der Waals surface area contributed by atoms with Crippen molar-refractivity contribution in [1.29, 1.82) is 0 Å². The number of hydrogen-bond acceptors (Lipinski definition) is 3. The quantitative estimate of drug-likeness (QED) is 0.760. The fraction of sp³-hybridized carbons (Fsp3) is 0.733. The molecule has 1 aromatic rings. The van der Waals surface area contributed by atoms with Crippen LogP contribution in [-0.2, 0) is 0 Å².